The highest BCUT2D eigenvalue weighted by atomic mass is 127. The summed E-state index contributed by atoms with van der Waals surface area (Å²) in [5.74, 6) is 0.125. The maximum atomic E-state index is 13.3. The van der Waals surface area contributed by atoms with Gasteiger partial charge in [0.2, 0.25) is 0 Å². The Morgan fingerprint density at radius 2 is 2.23 bits per heavy atom. The van der Waals surface area contributed by atoms with E-state index >= 15 is 0 Å². The van der Waals surface area contributed by atoms with Gasteiger partial charge in [-0.3, -0.25) is 0 Å². The lowest BCUT2D eigenvalue weighted by Gasteiger charge is -2.09. The number of phenols is 1. The zero-order valence-electron chi connectivity index (χ0n) is 7.22. The molecule has 0 fully saturated rings. The largest absolute Gasteiger partial charge is 0.507 e. The molecule has 0 amide bonds. The first-order valence-electron chi connectivity index (χ1n) is 3.82. The van der Waals surface area contributed by atoms with Gasteiger partial charge in [-0.05, 0) is 41.1 Å². The Bertz CT molecular complexity index is 336. The van der Waals surface area contributed by atoms with Crippen LogP contribution in [0.4, 0.5) is 4.39 Å². The third-order valence-corrected chi connectivity index (χ3v) is 2.91. The van der Waals surface area contributed by atoms with E-state index in [1.165, 1.54) is 6.08 Å². The molecule has 0 spiro atoms. The molecule has 0 saturated carbocycles. The molecular weight excluding hydrogens is 282 g/mol. The van der Waals surface area contributed by atoms with Crippen LogP contribution in [0, 0.1) is 10.5 Å². The van der Waals surface area contributed by atoms with Crippen LogP contribution in [0.2, 0.25) is 0 Å². The van der Waals surface area contributed by atoms with Gasteiger partial charge in [-0.25, -0.2) is 4.39 Å². The van der Waals surface area contributed by atoms with E-state index in [2.05, 4.69) is 6.58 Å². The summed E-state index contributed by atoms with van der Waals surface area (Å²) in [6.45, 7) is 5.19. The highest BCUT2D eigenvalue weighted by molar-refractivity contribution is 14.1. The van der Waals surface area contributed by atoms with Gasteiger partial charge in [-0.15, -0.1) is 0 Å². The molecule has 70 valence electrons. The van der Waals surface area contributed by atoms with Crippen molar-refractivity contribution in [3.05, 3.63) is 39.5 Å². The Kier molecular flexibility index (Phi) is 3.30. The van der Waals surface area contributed by atoms with Gasteiger partial charge in [-0.2, -0.15) is 0 Å². The number of allylic oxidation sites excluding steroid dienone is 1. The molecule has 1 unspecified atom stereocenters. The summed E-state index contributed by atoms with van der Waals surface area (Å²) in [4.78, 5) is 0. The first-order valence-corrected chi connectivity index (χ1v) is 4.89. The molecule has 0 aliphatic heterocycles. The standard InChI is InChI=1S/C10H10FIO/c1-3-8(11)7-4-6(2)5-9(13)10(7)12/h3-5,8,13H,1H2,2H3. The highest BCUT2D eigenvalue weighted by Gasteiger charge is 2.12. The molecule has 0 aliphatic rings. The molecule has 3 heteroatoms. The average Bonchev–Trinajstić information content (AvgIpc) is 2.10. The van der Waals surface area contributed by atoms with Gasteiger partial charge in [0.05, 0.1) is 3.57 Å². The number of hydrogen-bond donors (Lipinski definition) is 1. The molecule has 13 heavy (non-hydrogen) atoms. The summed E-state index contributed by atoms with van der Waals surface area (Å²) in [6.07, 6.45) is 0.00816. The number of alkyl halides is 1. The average molecular weight is 292 g/mol. The van der Waals surface area contributed by atoms with Gasteiger partial charge >= 0.3 is 0 Å². The molecule has 0 aliphatic carbocycles. The molecule has 0 saturated heterocycles. The quantitative estimate of drug-likeness (QED) is 0.653. The van der Waals surface area contributed by atoms with Crippen LogP contribution < -0.4 is 0 Å². The fourth-order valence-electron chi connectivity index (χ4n) is 1.10. The lowest BCUT2D eigenvalue weighted by molar-refractivity contribution is 0.408. The topological polar surface area (TPSA) is 20.2 Å². The minimum absolute atomic E-state index is 0.125. The monoisotopic (exact) mass is 292 g/mol. The predicted molar refractivity (Wildman–Crippen MR) is 59.6 cm³/mol. The van der Waals surface area contributed by atoms with Crippen molar-refractivity contribution < 1.29 is 9.50 Å². The number of halogens is 2. The van der Waals surface area contributed by atoms with Crippen molar-refractivity contribution in [3.8, 4) is 5.75 Å². The molecule has 1 nitrogen and oxygen atoms in total. The second-order valence-corrected chi connectivity index (χ2v) is 3.90. The molecule has 0 heterocycles. The second kappa shape index (κ2) is 4.09. The maximum absolute atomic E-state index is 13.3. The van der Waals surface area contributed by atoms with Gasteiger partial charge in [0.1, 0.15) is 11.9 Å². The molecule has 0 radical (unpaired) electrons. The fraction of sp³-hybridized carbons (Fsp3) is 0.200. The number of aromatic hydroxyl groups is 1. The van der Waals surface area contributed by atoms with E-state index < -0.39 is 6.17 Å². The normalized spacial score (nSPS) is 12.5. The number of phenolic OH excluding ortho intramolecular Hbond substituents is 1. The number of benzene rings is 1. The van der Waals surface area contributed by atoms with Crippen LogP contribution in [0.5, 0.6) is 5.75 Å². The number of aryl methyl sites for hydroxylation is 1. The van der Waals surface area contributed by atoms with Crippen molar-refractivity contribution >= 4 is 22.6 Å². The van der Waals surface area contributed by atoms with Crippen LogP contribution >= 0.6 is 22.6 Å². The Morgan fingerprint density at radius 1 is 1.62 bits per heavy atom. The van der Waals surface area contributed by atoms with E-state index in [-0.39, 0.29) is 5.75 Å². The number of rotatable bonds is 2. The third-order valence-electron chi connectivity index (χ3n) is 1.73. The Morgan fingerprint density at radius 3 is 2.77 bits per heavy atom. The maximum Gasteiger partial charge on any atom is 0.144 e. The Balaban J connectivity index is 3.27. The third kappa shape index (κ3) is 2.21. The Hall–Kier alpha value is -0.580. The van der Waals surface area contributed by atoms with Gasteiger partial charge < -0.3 is 5.11 Å². The molecule has 1 aromatic carbocycles. The molecule has 1 aromatic rings. The van der Waals surface area contributed by atoms with Crippen molar-refractivity contribution in [1.82, 2.24) is 0 Å². The van der Waals surface area contributed by atoms with Crippen molar-refractivity contribution in [1.29, 1.82) is 0 Å². The minimum atomic E-state index is -1.21. The Labute approximate surface area is 90.4 Å². The van der Waals surface area contributed by atoms with E-state index in [1.807, 2.05) is 29.5 Å². The summed E-state index contributed by atoms with van der Waals surface area (Å²) < 4.78 is 13.8. The van der Waals surface area contributed by atoms with Crippen molar-refractivity contribution in [3.63, 3.8) is 0 Å². The first kappa shape index (κ1) is 10.5. The first-order chi connectivity index (χ1) is 6.06. The van der Waals surface area contributed by atoms with Crippen LogP contribution in [-0.2, 0) is 0 Å². The van der Waals surface area contributed by atoms with E-state index in [0.717, 1.165) is 5.56 Å². The summed E-state index contributed by atoms with van der Waals surface area (Å²) in [5.41, 5.74) is 1.32. The number of hydrogen-bond acceptors (Lipinski definition) is 1. The summed E-state index contributed by atoms with van der Waals surface area (Å²) in [5, 5.41) is 9.42. The minimum Gasteiger partial charge on any atom is -0.507 e. The van der Waals surface area contributed by atoms with Crippen LogP contribution in [0.25, 0.3) is 0 Å². The zero-order chi connectivity index (χ0) is 10.0. The van der Waals surface area contributed by atoms with Crippen LogP contribution in [0.1, 0.15) is 17.3 Å². The van der Waals surface area contributed by atoms with Crippen LogP contribution in [-0.4, -0.2) is 5.11 Å². The lowest BCUT2D eigenvalue weighted by Crippen LogP contribution is -1.93. The van der Waals surface area contributed by atoms with Crippen molar-refractivity contribution in [2.24, 2.45) is 0 Å². The molecule has 1 rings (SSSR count). The van der Waals surface area contributed by atoms with Crippen LogP contribution in [0.15, 0.2) is 24.8 Å². The van der Waals surface area contributed by atoms with E-state index in [4.69, 9.17) is 0 Å². The smallest absolute Gasteiger partial charge is 0.144 e. The second-order valence-electron chi connectivity index (χ2n) is 2.82. The molecule has 1 atom stereocenters. The summed E-state index contributed by atoms with van der Waals surface area (Å²) >= 11 is 1.92. The summed E-state index contributed by atoms with van der Waals surface area (Å²) in [7, 11) is 0. The van der Waals surface area contributed by atoms with E-state index in [9.17, 15) is 9.50 Å². The zero-order valence-corrected chi connectivity index (χ0v) is 9.38. The SMILES string of the molecule is C=CC(F)c1cc(C)cc(O)c1I. The fourth-order valence-corrected chi connectivity index (χ4v) is 1.71. The van der Waals surface area contributed by atoms with E-state index in [1.54, 1.807) is 12.1 Å². The molecule has 0 bridgehead atoms. The predicted octanol–water partition coefficient (Wildman–Crippen LogP) is 3.50. The van der Waals surface area contributed by atoms with Gasteiger partial charge in [0, 0.05) is 5.56 Å². The van der Waals surface area contributed by atoms with Crippen LogP contribution in [0.3, 0.4) is 0 Å². The van der Waals surface area contributed by atoms with Crippen molar-refractivity contribution in [2.75, 3.05) is 0 Å². The van der Waals surface area contributed by atoms with E-state index in [0.29, 0.717) is 9.13 Å². The highest BCUT2D eigenvalue weighted by Crippen LogP contribution is 2.31. The lowest BCUT2D eigenvalue weighted by atomic mass is 10.1. The van der Waals surface area contributed by atoms with Gasteiger partial charge in [0.25, 0.3) is 0 Å². The molecular formula is C10H10FIO. The van der Waals surface area contributed by atoms with Crippen molar-refractivity contribution in [2.45, 2.75) is 13.1 Å². The van der Waals surface area contributed by atoms with Gasteiger partial charge in [0.15, 0.2) is 0 Å². The molecule has 1 N–H and O–H groups in total. The molecule has 0 aromatic heterocycles. The summed E-state index contributed by atoms with van der Waals surface area (Å²) in [6, 6.07) is 3.33. The van der Waals surface area contributed by atoms with Gasteiger partial charge in [-0.1, -0.05) is 18.7 Å².